The van der Waals surface area contributed by atoms with E-state index in [2.05, 4.69) is 207 Å². The molecular weight excluding hydrogens is 805 g/mol. The van der Waals surface area contributed by atoms with Gasteiger partial charge < -0.3 is 9.80 Å². The third-order valence-electron chi connectivity index (χ3n) is 13.7. The molecule has 66 heavy (non-hydrogen) atoms. The molecule has 4 heterocycles. The second kappa shape index (κ2) is 15.2. The van der Waals surface area contributed by atoms with Gasteiger partial charge in [0.15, 0.2) is 11.3 Å². The summed E-state index contributed by atoms with van der Waals surface area (Å²) in [7, 11) is 0. The van der Waals surface area contributed by atoms with Crippen molar-refractivity contribution in [2.45, 2.75) is 38.5 Å². The van der Waals surface area contributed by atoms with E-state index in [0.717, 1.165) is 56.4 Å². The molecule has 0 amide bonds. The molecule has 0 saturated heterocycles. The Morgan fingerprint density at radius 3 is 0.803 bits per heavy atom. The fourth-order valence-corrected chi connectivity index (χ4v) is 10.3. The standard InChI is InChI=1S/C60H46N6/c1-59(2)45-23-11-15-27-49(45)65(50-28-16-12-24-46(50)59)43-35-31-41(32-36-43)55-56(64-58-57(63-55)61-53(39-19-7-5-8-20-39)54(62-58)40-21-9-6-10-22-40)42-33-37-44(38-34-42)66-51-29-17-13-25-47(51)60(3,4)48-26-14-18-30-52(48)66/h5-38H,1-4H3. The van der Waals surface area contributed by atoms with Crippen LogP contribution in [0.25, 0.3) is 56.3 Å². The topological polar surface area (TPSA) is 58.0 Å². The highest BCUT2D eigenvalue weighted by Gasteiger charge is 2.38. The van der Waals surface area contributed by atoms with E-state index in [9.17, 15) is 0 Å². The second-order valence-electron chi connectivity index (χ2n) is 18.3. The van der Waals surface area contributed by atoms with Gasteiger partial charge in [-0.1, -0.05) is 185 Å². The molecule has 0 saturated carbocycles. The molecule has 0 radical (unpaired) electrons. The number of rotatable bonds is 6. The van der Waals surface area contributed by atoms with Crippen LogP contribution in [0.1, 0.15) is 49.9 Å². The van der Waals surface area contributed by atoms with E-state index in [1.165, 1.54) is 45.0 Å². The molecule has 0 fully saturated rings. The first-order valence-electron chi connectivity index (χ1n) is 22.7. The Balaban J connectivity index is 1.03. The molecule has 0 aliphatic carbocycles. The van der Waals surface area contributed by atoms with Gasteiger partial charge in [0.2, 0.25) is 0 Å². The van der Waals surface area contributed by atoms with Gasteiger partial charge in [0.05, 0.1) is 45.5 Å². The molecule has 2 aliphatic rings. The fourth-order valence-electron chi connectivity index (χ4n) is 10.3. The van der Waals surface area contributed by atoms with E-state index in [1.54, 1.807) is 0 Å². The molecule has 2 aliphatic heterocycles. The van der Waals surface area contributed by atoms with Gasteiger partial charge in [0, 0.05) is 44.5 Å². The van der Waals surface area contributed by atoms with Gasteiger partial charge in [-0.05, 0) is 70.8 Å². The molecule has 6 nitrogen and oxygen atoms in total. The number of fused-ring (bicyclic) bond motifs is 5. The summed E-state index contributed by atoms with van der Waals surface area (Å²) in [5.74, 6) is 0. The summed E-state index contributed by atoms with van der Waals surface area (Å²) in [6, 6.07) is 72.9. The molecule has 0 N–H and O–H groups in total. The molecular formula is C60H46N6. The Labute approximate surface area is 385 Å². The van der Waals surface area contributed by atoms with Crippen molar-refractivity contribution in [3.8, 4) is 45.0 Å². The average Bonchev–Trinajstić information content (AvgIpc) is 3.37. The van der Waals surface area contributed by atoms with E-state index in [-0.39, 0.29) is 10.8 Å². The third kappa shape index (κ3) is 6.24. The van der Waals surface area contributed by atoms with E-state index < -0.39 is 0 Å². The van der Waals surface area contributed by atoms with Gasteiger partial charge in [0.25, 0.3) is 0 Å². The van der Waals surface area contributed by atoms with Crippen molar-refractivity contribution >= 4 is 45.4 Å². The first-order chi connectivity index (χ1) is 32.3. The van der Waals surface area contributed by atoms with E-state index in [4.69, 9.17) is 19.9 Å². The minimum absolute atomic E-state index is 0.147. The number of hydrogen-bond acceptors (Lipinski definition) is 6. The van der Waals surface area contributed by atoms with Gasteiger partial charge in [-0.25, -0.2) is 19.9 Å². The summed E-state index contributed by atoms with van der Waals surface area (Å²) in [5, 5.41) is 0. The Hall–Kier alpha value is -8.22. The molecule has 10 aromatic rings. The van der Waals surface area contributed by atoms with Crippen LogP contribution >= 0.6 is 0 Å². The van der Waals surface area contributed by atoms with E-state index in [0.29, 0.717) is 11.3 Å². The maximum Gasteiger partial charge on any atom is 0.199 e. The highest BCUT2D eigenvalue weighted by molar-refractivity contribution is 5.91. The van der Waals surface area contributed by atoms with Crippen molar-refractivity contribution in [2.75, 3.05) is 9.80 Å². The molecule has 6 heteroatoms. The number of aromatic nitrogens is 4. The lowest BCUT2D eigenvalue weighted by Gasteiger charge is -2.42. The summed E-state index contributed by atoms with van der Waals surface area (Å²) in [6.45, 7) is 9.27. The number of nitrogens with zero attached hydrogens (tertiary/aromatic N) is 6. The molecule has 12 rings (SSSR count). The highest BCUT2D eigenvalue weighted by Crippen LogP contribution is 2.53. The predicted octanol–water partition coefficient (Wildman–Crippen LogP) is 15.3. The largest absolute Gasteiger partial charge is 0.310 e. The SMILES string of the molecule is CC1(C)c2ccccc2N(c2ccc(-c3nc4nc(-c5ccccc5)c(-c5ccccc5)nc4nc3-c3ccc(N4c5ccccc5C(C)(C)c5ccccc54)cc3)cc2)c2ccccc21. The second-order valence-corrected chi connectivity index (χ2v) is 18.3. The summed E-state index contributed by atoms with van der Waals surface area (Å²) in [5.41, 5.74) is 19.5. The number of benzene rings is 8. The van der Waals surface area contributed by atoms with Crippen LogP contribution in [0.2, 0.25) is 0 Å². The lowest BCUT2D eigenvalue weighted by Crippen LogP contribution is -2.30. The summed E-state index contributed by atoms with van der Waals surface area (Å²) >= 11 is 0. The summed E-state index contributed by atoms with van der Waals surface area (Å²) in [4.78, 5) is 26.1. The van der Waals surface area contributed by atoms with Crippen molar-refractivity contribution in [1.82, 2.24) is 19.9 Å². The van der Waals surface area contributed by atoms with Crippen LogP contribution in [0.3, 0.4) is 0 Å². The molecule has 316 valence electrons. The Morgan fingerprint density at radius 1 is 0.273 bits per heavy atom. The maximum atomic E-state index is 5.40. The predicted molar refractivity (Wildman–Crippen MR) is 270 cm³/mol. The third-order valence-corrected chi connectivity index (χ3v) is 13.7. The molecule has 2 aromatic heterocycles. The molecule has 8 aromatic carbocycles. The summed E-state index contributed by atoms with van der Waals surface area (Å²) in [6.07, 6.45) is 0. The van der Waals surface area contributed by atoms with Crippen molar-refractivity contribution < 1.29 is 0 Å². The van der Waals surface area contributed by atoms with Gasteiger partial charge in [0.1, 0.15) is 0 Å². The van der Waals surface area contributed by atoms with Gasteiger partial charge in [-0.2, -0.15) is 0 Å². The Bertz CT molecular complexity index is 3140. The van der Waals surface area contributed by atoms with Gasteiger partial charge in [-0.3, -0.25) is 0 Å². The molecule has 0 bridgehead atoms. The number of para-hydroxylation sites is 4. The monoisotopic (exact) mass is 850 g/mol. The fraction of sp³-hybridized carbons (Fsp3) is 0.100. The zero-order valence-corrected chi connectivity index (χ0v) is 37.3. The average molecular weight is 851 g/mol. The first kappa shape index (κ1) is 39.4. The smallest absolute Gasteiger partial charge is 0.199 e. The number of anilines is 6. The number of hydrogen-bond donors (Lipinski definition) is 0. The van der Waals surface area contributed by atoms with E-state index in [1.807, 2.05) is 36.4 Å². The van der Waals surface area contributed by atoms with Crippen LogP contribution in [0.5, 0.6) is 0 Å². The normalized spacial score (nSPS) is 14.2. The van der Waals surface area contributed by atoms with Crippen molar-refractivity contribution in [3.05, 3.63) is 229 Å². The van der Waals surface area contributed by atoms with Gasteiger partial charge in [-0.15, -0.1) is 0 Å². The van der Waals surface area contributed by atoms with Crippen LogP contribution in [-0.4, -0.2) is 19.9 Å². The zero-order chi connectivity index (χ0) is 44.6. The lowest BCUT2D eigenvalue weighted by atomic mass is 9.73. The highest BCUT2D eigenvalue weighted by atomic mass is 15.2. The van der Waals surface area contributed by atoms with Crippen LogP contribution in [0.4, 0.5) is 34.1 Å². The minimum atomic E-state index is -0.147. The molecule has 0 spiro atoms. The van der Waals surface area contributed by atoms with Crippen LogP contribution < -0.4 is 9.80 Å². The zero-order valence-electron chi connectivity index (χ0n) is 37.3. The van der Waals surface area contributed by atoms with Crippen molar-refractivity contribution in [3.63, 3.8) is 0 Å². The van der Waals surface area contributed by atoms with E-state index >= 15 is 0 Å². The van der Waals surface area contributed by atoms with Crippen LogP contribution in [0, 0.1) is 0 Å². The maximum absolute atomic E-state index is 5.40. The van der Waals surface area contributed by atoms with Gasteiger partial charge >= 0.3 is 0 Å². The lowest BCUT2D eigenvalue weighted by molar-refractivity contribution is 0.632. The quantitative estimate of drug-likeness (QED) is 0.166. The van der Waals surface area contributed by atoms with Crippen molar-refractivity contribution in [1.29, 1.82) is 0 Å². The van der Waals surface area contributed by atoms with Crippen LogP contribution in [-0.2, 0) is 10.8 Å². The first-order valence-corrected chi connectivity index (χ1v) is 22.7. The Morgan fingerprint density at radius 2 is 0.515 bits per heavy atom. The molecule has 0 atom stereocenters. The minimum Gasteiger partial charge on any atom is -0.310 e. The molecule has 0 unspecified atom stereocenters. The Kier molecular flexibility index (Phi) is 9.07. The van der Waals surface area contributed by atoms with Crippen LogP contribution in [0.15, 0.2) is 206 Å². The van der Waals surface area contributed by atoms with Crippen molar-refractivity contribution in [2.24, 2.45) is 0 Å². The summed E-state index contributed by atoms with van der Waals surface area (Å²) < 4.78 is 0.